The molecule has 0 spiro atoms. The summed E-state index contributed by atoms with van der Waals surface area (Å²) in [5.74, 6) is 0.302. The standard InChI is InChI=1S/C13H12ClFO2S/c1-17-10-6-13(18-7-10)12(16)4-8-2-3-9(14)5-11(8)15/h2-3,5-7,12,16H,4H2,1H3. The minimum Gasteiger partial charge on any atom is -0.496 e. The first-order valence-electron chi connectivity index (χ1n) is 5.34. The van der Waals surface area contributed by atoms with Crippen molar-refractivity contribution < 1.29 is 14.2 Å². The zero-order valence-corrected chi connectivity index (χ0v) is 11.3. The van der Waals surface area contributed by atoms with Gasteiger partial charge in [0.05, 0.1) is 13.2 Å². The number of aliphatic hydroxyl groups is 1. The van der Waals surface area contributed by atoms with Crippen molar-refractivity contribution in [3.8, 4) is 5.75 Å². The van der Waals surface area contributed by atoms with Crippen LogP contribution in [-0.2, 0) is 6.42 Å². The molecular weight excluding hydrogens is 275 g/mol. The van der Waals surface area contributed by atoms with E-state index >= 15 is 0 Å². The molecule has 0 saturated heterocycles. The molecule has 0 aliphatic heterocycles. The quantitative estimate of drug-likeness (QED) is 0.926. The number of aliphatic hydroxyl groups excluding tert-OH is 1. The van der Waals surface area contributed by atoms with E-state index in [-0.39, 0.29) is 6.42 Å². The molecule has 1 aromatic carbocycles. The average Bonchev–Trinajstić information content (AvgIpc) is 2.81. The zero-order valence-electron chi connectivity index (χ0n) is 9.69. The van der Waals surface area contributed by atoms with E-state index in [1.165, 1.54) is 17.4 Å². The maximum atomic E-state index is 13.6. The molecule has 0 aliphatic rings. The molecule has 0 fully saturated rings. The monoisotopic (exact) mass is 286 g/mol. The molecule has 0 saturated carbocycles. The highest BCUT2D eigenvalue weighted by atomic mass is 35.5. The summed E-state index contributed by atoms with van der Waals surface area (Å²) in [5, 5.41) is 12.2. The van der Waals surface area contributed by atoms with Crippen LogP contribution in [0.3, 0.4) is 0 Å². The van der Waals surface area contributed by atoms with Gasteiger partial charge in [-0.2, -0.15) is 0 Å². The zero-order chi connectivity index (χ0) is 13.1. The normalized spacial score (nSPS) is 12.4. The second-order valence-electron chi connectivity index (χ2n) is 3.84. The number of ether oxygens (including phenoxy) is 1. The molecular formula is C13H12ClFO2S. The van der Waals surface area contributed by atoms with Crippen molar-refractivity contribution in [3.63, 3.8) is 0 Å². The van der Waals surface area contributed by atoms with Gasteiger partial charge >= 0.3 is 0 Å². The molecule has 0 amide bonds. The van der Waals surface area contributed by atoms with Gasteiger partial charge in [-0.3, -0.25) is 0 Å². The minimum atomic E-state index is -0.741. The van der Waals surface area contributed by atoms with Crippen LogP contribution >= 0.6 is 22.9 Å². The lowest BCUT2D eigenvalue weighted by Crippen LogP contribution is -2.01. The van der Waals surface area contributed by atoms with Gasteiger partial charge in [-0.25, -0.2) is 4.39 Å². The fraction of sp³-hybridized carbons (Fsp3) is 0.231. The third-order valence-corrected chi connectivity index (χ3v) is 3.84. The second kappa shape index (κ2) is 5.69. The van der Waals surface area contributed by atoms with Crippen LogP contribution in [0, 0.1) is 5.82 Å². The van der Waals surface area contributed by atoms with Crippen LogP contribution in [0.2, 0.25) is 5.02 Å². The fourth-order valence-electron chi connectivity index (χ4n) is 1.61. The van der Waals surface area contributed by atoms with Crippen molar-refractivity contribution >= 4 is 22.9 Å². The van der Waals surface area contributed by atoms with Crippen LogP contribution in [0.5, 0.6) is 5.75 Å². The summed E-state index contributed by atoms with van der Waals surface area (Å²) in [5.41, 5.74) is 0.444. The molecule has 1 atom stereocenters. The Morgan fingerprint density at radius 1 is 1.44 bits per heavy atom. The van der Waals surface area contributed by atoms with Crippen molar-refractivity contribution in [3.05, 3.63) is 50.9 Å². The molecule has 1 unspecified atom stereocenters. The predicted octanol–water partition coefficient (Wildman–Crippen LogP) is 3.83. The maximum absolute atomic E-state index is 13.6. The number of halogens is 2. The average molecular weight is 287 g/mol. The van der Waals surface area contributed by atoms with Crippen LogP contribution in [-0.4, -0.2) is 12.2 Å². The molecule has 0 bridgehead atoms. The summed E-state index contributed by atoms with van der Waals surface area (Å²) in [6, 6.07) is 6.20. The first-order valence-corrected chi connectivity index (χ1v) is 6.60. The number of methoxy groups -OCH3 is 1. The summed E-state index contributed by atoms with van der Waals surface area (Å²) < 4.78 is 18.6. The van der Waals surface area contributed by atoms with Gasteiger partial charge in [0.25, 0.3) is 0 Å². The number of hydrogen-bond donors (Lipinski definition) is 1. The topological polar surface area (TPSA) is 29.5 Å². The largest absolute Gasteiger partial charge is 0.496 e. The number of benzene rings is 1. The van der Waals surface area contributed by atoms with E-state index in [9.17, 15) is 9.50 Å². The first kappa shape index (κ1) is 13.3. The molecule has 18 heavy (non-hydrogen) atoms. The Bertz CT molecular complexity index is 542. The molecule has 2 rings (SSSR count). The molecule has 1 aromatic heterocycles. The lowest BCUT2D eigenvalue weighted by atomic mass is 10.1. The number of hydrogen-bond acceptors (Lipinski definition) is 3. The summed E-state index contributed by atoms with van der Waals surface area (Å²) >= 11 is 7.06. The lowest BCUT2D eigenvalue weighted by Gasteiger charge is -2.09. The minimum absolute atomic E-state index is 0.215. The van der Waals surface area contributed by atoms with Gasteiger partial charge in [0.2, 0.25) is 0 Å². The van der Waals surface area contributed by atoms with E-state index in [1.54, 1.807) is 30.7 Å². The maximum Gasteiger partial charge on any atom is 0.129 e. The Kier molecular flexibility index (Phi) is 4.22. The van der Waals surface area contributed by atoms with Gasteiger partial charge in [0, 0.05) is 21.7 Å². The van der Waals surface area contributed by atoms with Crippen molar-refractivity contribution in [1.29, 1.82) is 0 Å². The summed E-state index contributed by atoms with van der Waals surface area (Å²) in [4.78, 5) is 0.751. The van der Waals surface area contributed by atoms with E-state index in [0.717, 1.165) is 4.88 Å². The Morgan fingerprint density at radius 3 is 2.83 bits per heavy atom. The summed E-state index contributed by atoms with van der Waals surface area (Å²) in [6.45, 7) is 0. The van der Waals surface area contributed by atoms with Crippen molar-refractivity contribution in [1.82, 2.24) is 0 Å². The van der Waals surface area contributed by atoms with Gasteiger partial charge in [-0.15, -0.1) is 11.3 Å². The number of rotatable bonds is 4. The van der Waals surface area contributed by atoms with Gasteiger partial charge in [0.1, 0.15) is 11.6 Å². The molecule has 1 N–H and O–H groups in total. The Morgan fingerprint density at radius 2 is 2.22 bits per heavy atom. The number of thiophene rings is 1. The van der Waals surface area contributed by atoms with Crippen LogP contribution in [0.25, 0.3) is 0 Å². The van der Waals surface area contributed by atoms with Gasteiger partial charge in [-0.1, -0.05) is 17.7 Å². The van der Waals surface area contributed by atoms with E-state index in [2.05, 4.69) is 0 Å². The Balaban J connectivity index is 2.13. The molecule has 2 aromatic rings. The Hall–Kier alpha value is -1.10. The molecule has 5 heteroatoms. The van der Waals surface area contributed by atoms with Crippen molar-refractivity contribution in [2.24, 2.45) is 0 Å². The summed E-state index contributed by atoms with van der Waals surface area (Å²) in [6.07, 6.45) is -0.526. The van der Waals surface area contributed by atoms with E-state index in [4.69, 9.17) is 16.3 Å². The van der Waals surface area contributed by atoms with Gasteiger partial charge in [-0.05, 0) is 23.8 Å². The van der Waals surface area contributed by atoms with Crippen molar-refractivity contribution in [2.75, 3.05) is 7.11 Å². The Labute approximate surface area is 114 Å². The lowest BCUT2D eigenvalue weighted by molar-refractivity contribution is 0.180. The summed E-state index contributed by atoms with van der Waals surface area (Å²) in [7, 11) is 1.57. The molecule has 1 heterocycles. The highest BCUT2D eigenvalue weighted by Gasteiger charge is 2.14. The highest BCUT2D eigenvalue weighted by molar-refractivity contribution is 7.10. The molecule has 2 nitrogen and oxygen atoms in total. The van der Waals surface area contributed by atoms with Crippen molar-refractivity contribution in [2.45, 2.75) is 12.5 Å². The molecule has 96 valence electrons. The smallest absolute Gasteiger partial charge is 0.129 e. The van der Waals surface area contributed by atoms with Crippen LogP contribution in [0.15, 0.2) is 29.6 Å². The van der Waals surface area contributed by atoms with E-state index < -0.39 is 11.9 Å². The second-order valence-corrected chi connectivity index (χ2v) is 5.22. The van der Waals surface area contributed by atoms with E-state index in [1.807, 2.05) is 0 Å². The first-order chi connectivity index (χ1) is 8.60. The van der Waals surface area contributed by atoms with Crippen LogP contribution < -0.4 is 4.74 Å². The highest BCUT2D eigenvalue weighted by Crippen LogP contribution is 2.29. The fourth-order valence-corrected chi connectivity index (χ4v) is 2.61. The third kappa shape index (κ3) is 3.02. The predicted molar refractivity (Wildman–Crippen MR) is 70.9 cm³/mol. The van der Waals surface area contributed by atoms with Gasteiger partial charge in [0.15, 0.2) is 0 Å². The van der Waals surface area contributed by atoms with Crippen LogP contribution in [0.1, 0.15) is 16.5 Å². The third-order valence-electron chi connectivity index (χ3n) is 2.59. The SMILES string of the molecule is COc1csc(C(O)Cc2ccc(Cl)cc2F)c1. The molecule has 0 radical (unpaired) electrons. The van der Waals surface area contributed by atoms with Crippen LogP contribution in [0.4, 0.5) is 4.39 Å². The molecule has 0 aliphatic carbocycles. The van der Waals surface area contributed by atoms with E-state index in [0.29, 0.717) is 16.3 Å². The van der Waals surface area contributed by atoms with Gasteiger partial charge < -0.3 is 9.84 Å².